The minimum atomic E-state index is -0.811. The van der Waals surface area contributed by atoms with Crippen LogP contribution in [0.3, 0.4) is 0 Å². The second kappa shape index (κ2) is 6.03. The summed E-state index contributed by atoms with van der Waals surface area (Å²) in [6.45, 7) is 4.45. The van der Waals surface area contributed by atoms with Crippen molar-refractivity contribution >= 4 is 11.9 Å². The zero-order valence-electron chi connectivity index (χ0n) is 10.8. The number of carbonyl (C=O) groups is 2. The fourth-order valence-corrected chi connectivity index (χ4v) is 2.50. The average molecular weight is 241 g/mol. The number of rotatable bonds is 6. The SMILES string of the molecule is CC(C)(C(=O)NCCCC(=O)O)C1CCCC1. The molecule has 0 atom stereocenters. The van der Waals surface area contributed by atoms with Gasteiger partial charge in [-0.3, -0.25) is 9.59 Å². The molecule has 1 amide bonds. The molecule has 4 heteroatoms. The van der Waals surface area contributed by atoms with E-state index in [4.69, 9.17) is 5.11 Å². The zero-order valence-corrected chi connectivity index (χ0v) is 10.8. The third-order valence-corrected chi connectivity index (χ3v) is 3.81. The third-order valence-electron chi connectivity index (χ3n) is 3.81. The van der Waals surface area contributed by atoms with Gasteiger partial charge in [-0.25, -0.2) is 0 Å². The molecule has 0 aliphatic heterocycles. The first-order chi connectivity index (χ1) is 7.94. The van der Waals surface area contributed by atoms with Crippen molar-refractivity contribution < 1.29 is 14.7 Å². The lowest BCUT2D eigenvalue weighted by Crippen LogP contribution is -2.41. The van der Waals surface area contributed by atoms with Crippen LogP contribution in [0, 0.1) is 11.3 Å². The minimum absolute atomic E-state index is 0.0646. The maximum absolute atomic E-state index is 12.0. The summed E-state index contributed by atoms with van der Waals surface area (Å²) >= 11 is 0. The minimum Gasteiger partial charge on any atom is -0.481 e. The molecule has 0 aromatic heterocycles. The van der Waals surface area contributed by atoms with Crippen LogP contribution in [-0.2, 0) is 9.59 Å². The first-order valence-corrected chi connectivity index (χ1v) is 6.44. The second-order valence-electron chi connectivity index (χ2n) is 5.46. The molecule has 0 bridgehead atoms. The lowest BCUT2D eigenvalue weighted by Gasteiger charge is -2.30. The highest BCUT2D eigenvalue weighted by molar-refractivity contribution is 5.82. The van der Waals surface area contributed by atoms with Crippen LogP contribution in [0.5, 0.6) is 0 Å². The van der Waals surface area contributed by atoms with Gasteiger partial charge >= 0.3 is 5.97 Å². The van der Waals surface area contributed by atoms with E-state index in [2.05, 4.69) is 5.32 Å². The van der Waals surface area contributed by atoms with Crippen LogP contribution < -0.4 is 5.32 Å². The molecule has 2 N–H and O–H groups in total. The Morgan fingerprint density at radius 1 is 1.29 bits per heavy atom. The molecule has 1 saturated carbocycles. The Bertz CT molecular complexity index is 280. The first-order valence-electron chi connectivity index (χ1n) is 6.44. The molecule has 4 nitrogen and oxygen atoms in total. The molecule has 98 valence electrons. The Hall–Kier alpha value is -1.06. The van der Waals surface area contributed by atoms with Gasteiger partial charge in [0.2, 0.25) is 5.91 Å². The van der Waals surface area contributed by atoms with Crippen LogP contribution in [0.1, 0.15) is 52.4 Å². The summed E-state index contributed by atoms with van der Waals surface area (Å²) in [6.07, 6.45) is 5.33. The summed E-state index contributed by atoms with van der Waals surface area (Å²) in [5.74, 6) is -0.272. The number of carboxylic acids is 1. The highest BCUT2D eigenvalue weighted by Gasteiger charge is 2.37. The molecule has 1 rings (SSSR count). The van der Waals surface area contributed by atoms with E-state index in [0.717, 1.165) is 12.8 Å². The Kier molecular flexibility index (Phi) is 4.97. The summed E-state index contributed by atoms with van der Waals surface area (Å²) in [5, 5.41) is 11.4. The van der Waals surface area contributed by atoms with E-state index in [-0.39, 0.29) is 17.7 Å². The molecular weight excluding hydrogens is 218 g/mol. The molecule has 0 aromatic carbocycles. The molecule has 0 heterocycles. The highest BCUT2D eigenvalue weighted by atomic mass is 16.4. The van der Waals surface area contributed by atoms with E-state index in [1.807, 2.05) is 13.8 Å². The van der Waals surface area contributed by atoms with Crippen molar-refractivity contribution in [1.82, 2.24) is 5.32 Å². The van der Waals surface area contributed by atoms with Crippen molar-refractivity contribution in [2.24, 2.45) is 11.3 Å². The van der Waals surface area contributed by atoms with Crippen molar-refractivity contribution in [1.29, 1.82) is 0 Å². The van der Waals surface area contributed by atoms with Gasteiger partial charge in [0, 0.05) is 18.4 Å². The Balaban J connectivity index is 2.32. The molecule has 0 aromatic rings. The van der Waals surface area contributed by atoms with Gasteiger partial charge in [0.05, 0.1) is 0 Å². The van der Waals surface area contributed by atoms with Crippen molar-refractivity contribution in [2.75, 3.05) is 6.54 Å². The summed E-state index contributed by atoms with van der Waals surface area (Å²) in [7, 11) is 0. The van der Waals surface area contributed by atoms with Crippen LogP contribution in [0.2, 0.25) is 0 Å². The predicted octanol–water partition coefficient (Wildman–Crippen LogP) is 2.18. The first kappa shape index (κ1) is 14.0. The maximum Gasteiger partial charge on any atom is 0.303 e. The number of nitrogens with one attached hydrogen (secondary N) is 1. The zero-order chi connectivity index (χ0) is 12.9. The van der Waals surface area contributed by atoms with Crippen molar-refractivity contribution in [3.63, 3.8) is 0 Å². The molecule has 1 fully saturated rings. The van der Waals surface area contributed by atoms with Gasteiger partial charge in [0.1, 0.15) is 0 Å². The van der Waals surface area contributed by atoms with Gasteiger partial charge in [0.15, 0.2) is 0 Å². The number of amides is 1. The van der Waals surface area contributed by atoms with E-state index in [9.17, 15) is 9.59 Å². The van der Waals surface area contributed by atoms with Crippen LogP contribution in [0.15, 0.2) is 0 Å². The summed E-state index contributed by atoms with van der Waals surface area (Å²) in [6, 6.07) is 0. The fourth-order valence-electron chi connectivity index (χ4n) is 2.50. The monoisotopic (exact) mass is 241 g/mol. The largest absolute Gasteiger partial charge is 0.481 e. The Labute approximate surface area is 103 Å². The van der Waals surface area contributed by atoms with Crippen molar-refractivity contribution in [3.05, 3.63) is 0 Å². The number of aliphatic carboxylic acids is 1. The van der Waals surface area contributed by atoms with E-state index < -0.39 is 5.97 Å². The molecule has 1 aliphatic rings. The third kappa shape index (κ3) is 4.02. The molecule has 0 unspecified atom stereocenters. The molecule has 0 radical (unpaired) electrons. The lowest BCUT2D eigenvalue weighted by molar-refractivity contribution is -0.137. The summed E-state index contributed by atoms with van der Waals surface area (Å²) in [5.41, 5.74) is -0.320. The molecule has 17 heavy (non-hydrogen) atoms. The predicted molar refractivity (Wildman–Crippen MR) is 65.6 cm³/mol. The lowest BCUT2D eigenvalue weighted by atomic mass is 9.77. The molecule has 0 saturated heterocycles. The van der Waals surface area contributed by atoms with Gasteiger partial charge in [0.25, 0.3) is 0 Å². The van der Waals surface area contributed by atoms with Crippen molar-refractivity contribution in [2.45, 2.75) is 52.4 Å². The molecule has 1 aliphatic carbocycles. The number of hydrogen-bond acceptors (Lipinski definition) is 2. The standard InChI is InChI=1S/C13H23NO3/c1-13(2,10-6-3-4-7-10)12(17)14-9-5-8-11(15)16/h10H,3-9H2,1-2H3,(H,14,17)(H,15,16). The Morgan fingerprint density at radius 2 is 1.88 bits per heavy atom. The quantitative estimate of drug-likeness (QED) is 0.700. The molecular formula is C13H23NO3. The van der Waals surface area contributed by atoms with Gasteiger partial charge in [-0.05, 0) is 25.2 Å². The number of carbonyl (C=O) groups excluding carboxylic acids is 1. The van der Waals surface area contributed by atoms with Gasteiger partial charge in [-0.2, -0.15) is 0 Å². The second-order valence-corrected chi connectivity index (χ2v) is 5.46. The van der Waals surface area contributed by atoms with Gasteiger partial charge in [-0.15, -0.1) is 0 Å². The van der Waals surface area contributed by atoms with Crippen LogP contribution in [-0.4, -0.2) is 23.5 Å². The number of hydrogen-bond donors (Lipinski definition) is 2. The van der Waals surface area contributed by atoms with E-state index in [1.54, 1.807) is 0 Å². The van der Waals surface area contributed by atoms with Gasteiger partial charge < -0.3 is 10.4 Å². The van der Waals surface area contributed by atoms with E-state index >= 15 is 0 Å². The van der Waals surface area contributed by atoms with Gasteiger partial charge in [-0.1, -0.05) is 26.7 Å². The molecule has 0 spiro atoms. The maximum atomic E-state index is 12.0. The smallest absolute Gasteiger partial charge is 0.303 e. The fraction of sp³-hybridized carbons (Fsp3) is 0.846. The van der Waals surface area contributed by atoms with E-state index in [0.29, 0.717) is 18.9 Å². The highest BCUT2D eigenvalue weighted by Crippen LogP contribution is 2.39. The van der Waals surface area contributed by atoms with E-state index in [1.165, 1.54) is 12.8 Å². The van der Waals surface area contributed by atoms with Crippen LogP contribution in [0.25, 0.3) is 0 Å². The average Bonchev–Trinajstić information content (AvgIpc) is 2.77. The van der Waals surface area contributed by atoms with Crippen LogP contribution >= 0.6 is 0 Å². The van der Waals surface area contributed by atoms with Crippen molar-refractivity contribution in [3.8, 4) is 0 Å². The Morgan fingerprint density at radius 3 is 2.41 bits per heavy atom. The summed E-state index contributed by atoms with van der Waals surface area (Å²) in [4.78, 5) is 22.4. The van der Waals surface area contributed by atoms with Crippen LogP contribution in [0.4, 0.5) is 0 Å². The normalized spacial score (nSPS) is 17.1. The summed E-state index contributed by atoms with van der Waals surface area (Å²) < 4.78 is 0. The number of carboxylic acid groups (broad SMARTS) is 1. The topological polar surface area (TPSA) is 66.4 Å².